The Bertz CT molecular complexity index is 1100. The Morgan fingerprint density at radius 1 is 1.00 bits per heavy atom. The molecule has 2 aromatic heterocycles. The van der Waals surface area contributed by atoms with Crippen LogP contribution in [0.25, 0.3) is 16.9 Å². The van der Waals surface area contributed by atoms with E-state index in [-0.39, 0.29) is 11.7 Å². The molecule has 7 heteroatoms. The average molecular weight is 421 g/mol. The van der Waals surface area contributed by atoms with E-state index in [1.807, 2.05) is 71.4 Å². The van der Waals surface area contributed by atoms with Crippen LogP contribution in [0.2, 0.25) is 5.02 Å². The van der Waals surface area contributed by atoms with E-state index >= 15 is 0 Å². The molecule has 144 valence electrons. The number of para-hydroxylation sites is 1. The Morgan fingerprint density at radius 2 is 1.72 bits per heavy atom. The van der Waals surface area contributed by atoms with E-state index in [2.05, 4.69) is 10.3 Å². The quantitative estimate of drug-likeness (QED) is 0.429. The minimum Gasteiger partial charge on any atom is -0.310 e. The third-order valence-corrected chi connectivity index (χ3v) is 5.28. The minimum absolute atomic E-state index is 0.159. The summed E-state index contributed by atoms with van der Waals surface area (Å²) in [6.07, 6.45) is 3.49. The van der Waals surface area contributed by atoms with Crippen molar-refractivity contribution in [2.24, 2.45) is 0 Å². The van der Waals surface area contributed by atoms with Gasteiger partial charge in [0.05, 0.1) is 16.5 Å². The fourth-order valence-corrected chi connectivity index (χ4v) is 3.65. The number of hydrogen-bond acceptors (Lipinski definition) is 4. The lowest BCUT2D eigenvalue weighted by Gasteiger charge is -2.07. The molecule has 0 atom stereocenters. The van der Waals surface area contributed by atoms with Crippen LogP contribution in [0, 0.1) is 0 Å². The van der Waals surface area contributed by atoms with Crippen LogP contribution in [0.4, 0.5) is 5.82 Å². The van der Waals surface area contributed by atoms with Gasteiger partial charge < -0.3 is 5.32 Å². The van der Waals surface area contributed by atoms with Gasteiger partial charge in [0.2, 0.25) is 5.91 Å². The van der Waals surface area contributed by atoms with Gasteiger partial charge in [0.1, 0.15) is 5.82 Å². The normalized spacial score (nSPS) is 10.7. The van der Waals surface area contributed by atoms with Crippen molar-refractivity contribution in [1.29, 1.82) is 0 Å². The van der Waals surface area contributed by atoms with E-state index in [1.54, 1.807) is 12.1 Å². The highest BCUT2D eigenvalue weighted by atomic mass is 35.5. The number of nitrogens with zero attached hydrogens (tertiary/aromatic N) is 3. The van der Waals surface area contributed by atoms with Gasteiger partial charge in [0, 0.05) is 23.6 Å². The molecular weight excluding hydrogens is 404 g/mol. The molecule has 0 spiro atoms. The fraction of sp³-hybridized carbons (Fsp3) is 0.0455. The zero-order valence-corrected chi connectivity index (χ0v) is 16.9. The molecule has 0 unspecified atom stereocenters. The summed E-state index contributed by atoms with van der Waals surface area (Å²) in [6.45, 7) is 0. The number of carbonyl (C=O) groups is 1. The van der Waals surface area contributed by atoms with Crippen LogP contribution in [0.3, 0.4) is 0 Å². The lowest BCUT2D eigenvalue weighted by Crippen LogP contribution is -2.15. The van der Waals surface area contributed by atoms with Crippen LogP contribution in [0.5, 0.6) is 0 Å². The minimum atomic E-state index is -0.159. The van der Waals surface area contributed by atoms with Gasteiger partial charge in [-0.25, -0.2) is 9.97 Å². The van der Waals surface area contributed by atoms with Gasteiger partial charge in [-0.05, 0) is 24.3 Å². The molecule has 29 heavy (non-hydrogen) atoms. The number of hydrogen-bond donors (Lipinski definition) is 1. The van der Waals surface area contributed by atoms with Gasteiger partial charge in [-0.3, -0.25) is 9.36 Å². The number of anilines is 1. The number of aromatic nitrogens is 3. The summed E-state index contributed by atoms with van der Waals surface area (Å²) in [5.74, 6) is 0.521. The summed E-state index contributed by atoms with van der Waals surface area (Å²) in [6, 6.07) is 23.3. The second kappa shape index (κ2) is 8.94. The third-order valence-electron chi connectivity index (χ3n) is 4.10. The largest absolute Gasteiger partial charge is 0.310 e. The Kier molecular flexibility index (Phi) is 5.93. The lowest BCUT2D eigenvalue weighted by atomic mass is 10.2. The maximum Gasteiger partial charge on any atom is 0.236 e. The predicted molar refractivity (Wildman–Crippen MR) is 118 cm³/mol. The Balaban J connectivity index is 1.54. The van der Waals surface area contributed by atoms with E-state index in [0.29, 0.717) is 10.8 Å². The fourth-order valence-electron chi connectivity index (χ4n) is 2.75. The van der Waals surface area contributed by atoms with Crippen molar-refractivity contribution < 1.29 is 4.79 Å². The number of carbonyl (C=O) groups excluding carboxylic acids is 1. The van der Waals surface area contributed by atoms with E-state index < -0.39 is 0 Å². The zero-order valence-electron chi connectivity index (χ0n) is 15.3. The van der Waals surface area contributed by atoms with Gasteiger partial charge >= 0.3 is 0 Å². The number of nitrogens with one attached hydrogen (secondary N) is 1. The predicted octanol–water partition coefficient (Wildman–Crippen LogP) is 5.32. The number of pyridine rings is 1. The molecule has 4 aromatic rings. The number of amides is 1. The lowest BCUT2D eigenvalue weighted by molar-refractivity contribution is -0.113. The average Bonchev–Trinajstić information content (AvgIpc) is 3.20. The number of rotatable bonds is 6. The van der Waals surface area contributed by atoms with Gasteiger partial charge in [-0.2, -0.15) is 0 Å². The van der Waals surface area contributed by atoms with Crippen molar-refractivity contribution in [2.45, 2.75) is 5.16 Å². The molecule has 0 bridgehead atoms. The topological polar surface area (TPSA) is 59.8 Å². The SMILES string of the molecule is O=C(CSc1nc(-c2ccccc2)cn1-c1ccccc1)Nc1ccc(Cl)cn1. The number of benzene rings is 2. The highest BCUT2D eigenvalue weighted by Gasteiger charge is 2.14. The highest BCUT2D eigenvalue weighted by molar-refractivity contribution is 7.99. The monoisotopic (exact) mass is 420 g/mol. The molecule has 5 nitrogen and oxygen atoms in total. The number of thioether (sulfide) groups is 1. The van der Waals surface area contributed by atoms with Gasteiger partial charge in [-0.1, -0.05) is 71.9 Å². The zero-order chi connectivity index (χ0) is 20.1. The van der Waals surface area contributed by atoms with Crippen LogP contribution in [-0.4, -0.2) is 26.2 Å². The molecule has 1 N–H and O–H groups in total. The third kappa shape index (κ3) is 4.85. The summed E-state index contributed by atoms with van der Waals surface area (Å²) >= 11 is 7.20. The number of halogens is 1. The Labute approximate surface area is 177 Å². The molecule has 0 saturated heterocycles. The standard InChI is InChI=1S/C22H17ClN4OS/c23-17-11-12-20(24-13-17)26-21(28)15-29-22-25-19(16-7-3-1-4-8-16)14-27(22)18-9-5-2-6-10-18/h1-14H,15H2,(H,24,26,28). The molecule has 0 aliphatic rings. The molecule has 0 aliphatic carbocycles. The molecule has 0 fully saturated rings. The first-order valence-corrected chi connectivity index (χ1v) is 10.3. The first-order chi connectivity index (χ1) is 14.2. The summed E-state index contributed by atoms with van der Waals surface area (Å²) in [7, 11) is 0. The van der Waals surface area contributed by atoms with Gasteiger partial charge in [0.25, 0.3) is 0 Å². The summed E-state index contributed by atoms with van der Waals surface area (Å²) in [4.78, 5) is 21.2. The van der Waals surface area contributed by atoms with Crippen molar-refractivity contribution in [3.8, 4) is 16.9 Å². The van der Waals surface area contributed by atoms with E-state index in [4.69, 9.17) is 16.6 Å². The van der Waals surface area contributed by atoms with Crippen LogP contribution >= 0.6 is 23.4 Å². The van der Waals surface area contributed by atoms with Crippen molar-refractivity contribution in [3.63, 3.8) is 0 Å². The summed E-state index contributed by atoms with van der Waals surface area (Å²) in [5, 5.41) is 4.04. The molecule has 2 heterocycles. The van der Waals surface area contributed by atoms with E-state index in [9.17, 15) is 4.79 Å². The first-order valence-electron chi connectivity index (χ1n) is 8.93. The van der Waals surface area contributed by atoms with Crippen molar-refractivity contribution >= 4 is 35.1 Å². The van der Waals surface area contributed by atoms with Gasteiger partial charge in [-0.15, -0.1) is 0 Å². The molecule has 0 radical (unpaired) electrons. The van der Waals surface area contributed by atoms with Crippen LogP contribution in [0.1, 0.15) is 0 Å². The van der Waals surface area contributed by atoms with E-state index in [1.165, 1.54) is 18.0 Å². The smallest absolute Gasteiger partial charge is 0.236 e. The van der Waals surface area contributed by atoms with E-state index in [0.717, 1.165) is 22.1 Å². The molecular formula is C22H17ClN4OS. The number of imidazole rings is 1. The first kappa shape index (κ1) is 19.2. The summed E-state index contributed by atoms with van der Waals surface area (Å²) in [5.41, 5.74) is 2.88. The van der Waals surface area contributed by atoms with Crippen LogP contribution < -0.4 is 5.32 Å². The summed E-state index contributed by atoms with van der Waals surface area (Å²) < 4.78 is 2.00. The maximum absolute atomic E-state index is 12.4. The second-order valence-electron chi connectivity index (χ2n) is 6.18. The Morgan fingerprint density at radius 3 is 2.41 bits per heavy atom. The van der Waals surface area contributed by atoms with Crippen LogP contribution in [-0.2, 0) is 4.79 Å². The Hall–Kier alpha value is -3.09. The van der Waals surface area contributed by atoms with Crippen molar-refractivity contribution in [2.75, 3.05) is 11.1 Å². The molecule has 0 aliphatic heterocycles. The van der Waals surface area contributed by atoms with Crippen molar-refractivity contribution in [1.82, 2.24) is 14.5 Å². The van der Waals surface area contributed by atoms with Crippen molar-refractivity contribution in [3.05, 3.63) is 90.2 Å². The molecule has 0 saturated carbocycles. The molecule has 2 aromatic carbocycles. The highest BCUT2D eigenvalue weighted by Crippen LogP contribution is 2.27. The maximum atomic E-state index is 12.4. The van der Waals surface area contributed by atoms with Gasteiger partial charge in [0.15, 0.2) is 5.16 Å². The molecule has 1 amide bonds. The molecule has 4 rings (SSSR count). The van der Waals surface area contributed by atoms with Crippen LogP contribution in [0.15, 0.2) is 90.3 Å². The second-order valence-corrected chi connectivity index (χ2v) is 7.56.